The highest BCUT2D eigenvalue weighted by molar-refractivity contribution is 8.13. The minimum Gasteiger partial charge on any atom is -0.326 e. The molecule has 2 amide bonds. The van der Waals surface area contributed by atoms with E-state index in [1.165, 1.54) is 24.8 Å². The van der Waals surface area contributed by atoms with Gasteiger partial charge in [0.2, 0.25) is 5.91 Å². The van der Waals surface area contributed by atoms with Crippen LogP contribution in [0.2, 0.25) is 0 Å². The molecule has 8 heteroatoms. The standard InChI is InChI=1S/C24H25FN4O2S/c1-3-11-29-13-18-14-32-23(27-22(31)17-7-5-4-6-8-17)28-24(18,15-29)20-12-19(26-16(2)30)9-10-21(20)25/h3-10,12,18H,1,11,13-15H2,2H3,(H,26,30)(H,27,28,31)/t18-,24-/m0/s1. The first-order chi connectivity index (χ1) is 15.4. The molecule has 2 aliphatic rings. The summed E-state index contributed by atoms with van der Waals surface area (Å²) >= 11 is 1.47. The van der Waals surface area contributed by atoms with Gasteiger partial charge in [0, 0.05) is 55.0 Å². The zero-order valence-corrected chi connectivity index (χ0v) is 18.6. The fourth-order valence-electron chi connectivity index (χ4n) is 4.36. The molecular weight excluding hydrogens is 427 g/mol. The Morgan fingerprint density at radius 2 is 2.06 bits per heavy atom. The smallest absolute Gasteiger partial charge is 0.257 e. The first-order valence-electron chi connectivity index (χ1n) is 10.4. The number of fused-ring (bicyclic) bond motifs is 1. The summed E-state index contributed by atoms with van der Waals surface area (Å²) < 4.78 is 15.2. The molecule has 4 rings (SSSR count). The van der Waals surface area contributed by atoms with Gasteiger partial charge in [-0.15, -0.1) is 6.58 Å². The SMILES string of the molecule is C=CCN1C[C@H]2CSC(NC(=O)c3ccccc3)=N[C@@]2(c2cc(NC(C)=O)ccc2F)C1. The number of carbonyl (C=O) groups excluding carboxylic acids is 2. The molecule has 0 aromatic heterocycles. The van der Waals surface area contributed by atoms with Crippen LogP contribution in [0.15, 0.2) is 66.2 Å². The van der Waals surface area contributed by atoms with Gasteiger partial charge in [-0.1, -0.05) is 36.0 Å². The monoisotopic (exact) mass is 452 g/mol. The van der Waals surface area contributed by atoms with E-state index in [1.54, 1.807) is 36.4 Å². The first-order valence-corrected chi connectivity index (χ1v) is 11.4. The highest BCUT2D eigenvalue weighted by Gasteiger charge is 2.51. The summed E-state index contributed by atoms with van der Waals surface area (Å²) in [5.74, 6) is -0.125. The molecule has 1 saturated heterocycles. The average molecular weight is 453 g/mol. The number of rotatable bonds is 5. The number of anilines is 1. The van der Waals surface area contributed by atoms with E-state index in [0.29, 0.717) is 40.8 Å². The van der Waals surface area contributed by atoms with Crippen molar-refractivity contribution in [2.75, 3.05) is 30.7 Å². The third kappa shape index (κ3) is 4.47. The Hall–Kier alpha value is -2.97. The number of nitrogens with one attached hydrogen (secondary N) is 2. The lowest BCUT2D eigenvalue weighted by atomic mass is 9.81. The second kappa shape index (κ2) is 9.26. The van der Waals surface area contributed by atoms with Crippen LogP contribution in [0.1, 0.15) is 22.8 Å². The second-order valence-electron chi connectivity index (χ2n) is 8.03. The number of hydrogen-bond donors (Lipinski definition) is 2. The van der Waals surface area contributed by atoms with Crippen molar-refractivity contribution in [1.82, 2.24) is 10.2 Å². The fraction of sp³-hybridized carbons (Fsp3) is 0.292. The Morgan fingerprint density at radius 3 is 2.78 bits per heavy atom. The zero-order valence-electron chi connectivity index (χ0n) is 17.8. The Bertz CT molecular complexity index is 1070. The highest BCUT2D eigenvalue weighted by atomic mass is 32.2. The van der Waals surface area contributed by atoms with Crippen LogP contribution in [0.25, 0.3) is 0 Å². The number of halogens is 1. The van der Waals surface area contributed by atoms with Gasteiger partial charge in [-0.25, -0.2) is 9.38 Å². The van der Waals surface area contributed by atoms with Crippen LogP contribution in [0.5, 0.6) is 0 Å². The summed E-state index contributed by atoms with van der Waals surface area (Å²) in [5.41, 5.74) is 0.608. The Kier molecular flexibility index (Phi) is 6.43. The number of carbonyl (C=O) groups is 2. The molecule has 0 bridgehead atoms. The summed E-state index contributed by atoms with van der Waals surface area (Å²) in [6.45, 7) is 7.14. The van der Waals surface area contributed by atoms with E-state index in [4.69, 9.17) is 4.99 Å². The van der Waals surface area contributed by atoms with Crippen LogP contribution < -0.4 is 10.6 Å². The van der Waals surface area contributed by atoms with Gasteiger partial charge in [0.25, 0.3) is 5.91 Å². The van der Waals surface area contributed by atoms with E-state index in [1.807, 2.05) is 12.1 Å². The lowest BCUT2D eigenvalue weighted by Crippen LogP contribution is -2.43. The quantitative estimate of drug-likeness (QED) is 0.680. The second-order valence-corrected chi connectivity index (χ2v) is 9.04. The van der Waals surface area contributed by atoms with Crippen LogP contribution in [0.3, 0.4) is 0 Å². The lowest BCUT2D eigenvalue weighted by molar-refractivity contribution is -0.114. The normalized spacial score (nSPS) is 22.6. The molecule has 0 spiro atoms. The Morgan fingerprint density at radius 1 is 1.28 bits per heavy atom. The molecule has 166 valence electrons. The number of aliphatic imine (C=N–C) groups is 1. The molecule has 2 N–H and O–H groups in total. The van der Waals surface area contributed by atoms with Gasteiger partial charge < -0.3 is 10.6 Å². The molecule has 0 unspecified atom stereocenters. The van der Waals surface area contributed by atoms with Crippen molar-refractivity contribution < 1.29 is 14.0 Å². The molecule has 0 aliphatic carbocycles. The molecule has 2 aliphatic heterocycles. The number of amides is 2. The largest absolute Gasteiger partial charge is 0.326 e. The summed E-state index contributed by atoms with van der Waals surface area (Å²) in [6, 6.07) is 13.5. The summed E-state index contributed by atoms with van der Waals surface area (Å²) in [6.07, 6.45) is 1.82. The van der Waals surface area contributed by atoms with Crippen LogP contribution in [0, 0.1) is 11.7 Å². The van der Waals surface area contributed by atoms with Gasteiger partial charge in [-0.05, 0) is 30.3 Å². The first kappa shape index (κ1) is 22.2. The van der Waals surface area contributed by atoms with E-state index in [-0.39, 0.29) is 23.5 Å². The molecule has 1 fully saturated rings. The van der Waals surface area contributed by atoms with Crippen molar-refractivity contribution in [3.63, 3.8) is 0 Å². The van der Waals surface area contributed by atoms with Crippen molar-refractivity contribution >= 4 is 34.4 Å². The third-order valence-electron chi connectivity index (χ3n) is 5.74. The number of likely N-dealkylation sites (tertiary alicyclic amines) is 1. The minimum absolute atomic E-state index is 0.0481. The summed E-state index contributed by atoms with van der Waals surface area (Å²) in [4.78, 5) is 31.4. The number of thioether (sulfide) groups is 1. The number of benzene rings is 2. The van der Waals surface area contributed by atoms with Crippen LogP contribution in [0.4, 0.5) is 10.1 Å². The van der Waals surface area contributed by atoms with Gasteiger partial charge >= 0.3 is 0 Å². The van der Waals surface area contributed by atoms with Crippen LogP contribution >= 0.6 is 11.8 Å². The van der Waals surface area contributed by atoms with Crippen molar-refractivity contribution in [2.24, 2.45) is 10.9 Å². The zero-order chi connectivity index (χ0) is 22.7. The predicted molar refractivity (Wildman–Crippen MR) is 126 cm³/mol. The van der Waals surface area contributed by atoms with Gasteiger partial charge in [0.05, 0.1) is 0 Å². The van der Waals surface area contributed by atoms with E-state index in [9.17, 15) is 9.59 Å². The molecule has 0 radical (unpaired) electrons. The Balaban J connectivity index is 1.73. The average Bonchev–Trinajstić information content (AvgIpc) is 3.14. The number of amidine groups is 1. The van der Waals surface area contributed by atoms with E-state index in [2.05, 4.69) is 22.1 Å². The van der Waals surface area contributed by atoms with E-state index < -0.39 is 5.54 Å². The molecule has 6 nitrogen and oxygen atoms in total. The van der Waals surface area contributed by atoms with E-state index in [0.717, 1.165) is 6.54 Å². The minimum atomic E-state index is -0.869. The third-order valence-corrected chi connectivity index (χ3v) is 6.77. The van der Waals surface area contributed by atoms with Crippen molar-refractivity contribution in [2.45, 2.75) is 12.5 Å². The van der Waals surface area contributed by atoms with Crippen LogP contribution in [-0.2, 0) is 10.3 Å². The van der Waals surface area contributed by atoms with Gasteiger partial charge in [0.1, 0.15) is 11.4 Å². The Labute approximate surface area is 191 Å². The van der Waals surface area contributed by atoms with Crippen LogP contribution in [-0.4, -0.2) is 47.3 Å². The molecule has 0 saturated carbocycles. The topological polar surface area (TPSA) is 73.8 Å². The molecule has 2 aromatic carbocycles. The van der Waals surface area contributed by atoms with E-state index >= 15 is 4.39 Å². The maximum absolute atomic E-state index is 15.2. The van der Waals surface area contributed by atoms with Crippen molar-refractivity contribution in [1.29, 1.82) is 0 Å². The number of hydrogen-bond acceptors (Lipinski definition) is 5. The molecule has 32 heavy (non-hydrogen) atoms. The maximum atomic E-state index is 15.2. The van der Waals surface area contributed by atoms with Crippen molar-refractivity contribution in [3.8, 4) is 0 Å². The predicted octanol–water partition coefficient (Wildman–Crippen LogP) is 3.63. The van der Waals surface area contributed by atoms with Crippen molar-refractivity contribution in [3.05, 3.63) is 78.1 Å². The van der Waals surface area contributed by atoms with Gasteiger partial charge in [-0.2, -0.15) is 0 Å². The summed E-state index contributed by atoms with van der Waals surface area (Å²) in [5, 5.41) is 6.10. The lowest BCUT2D eigenvalue weighted by Gasteiger charge is -2.36. The fourth-order valence-corrected chi connectivity index (χ4v) is 5.49. The number of nitrogens with zero attached hydrogens (tertiary/aromatic N) is 2. The molecule has 2 aromatic rings. The maximum Gasteiger partial charge on any atom is 0.257 e. The molecular formula is C24H25FN4O2S. The molecule has 2 heterocycles. The van der Waals surface area contributed by atoms with Gasteiger partial charge in [-0.3, -0.25) is 14.5 Å². The van der Waals surface area contributed by atoms with Gasteiger partial charge in [0.15, 0.2) is 5.17 Å². The molecule has 2 atom stereocenters. The summed E-state index contributed by atoms with van der Waals surface area (Å²) in [7, 11) is 0. The highest BCUT2D eigenvalue weighted by Crippen LogP contribution is 2.47.